The zero-order chi connectivity index (χ0) is 20.4. The highest BCUT2D eigenvalue weighted by Crippen LogP contribution is 2.13. The van der Waals surface area contributed by atoms with Crippen LogP contribution < -0.4 is 16.4 Å². The Kier molecular flexibility index (Phi) is 11.2. The Hall–Kier alpha value is -2.32. The van der Waals surface area contributed by atoms with E-state index in [1.807, 2.05) is 0 Å². The molecule has 0 radical (unpaired) electrons. The summed E-state index contributed by atoms with van der Waals surface area (Å²) in [6, 6.07) is 5.76. The number of unbranched alkanes of at least 4 members (excludes halogenated alkanes) is 1. The number of hydrogen-bond acceptors (Lipinski definition) is 5. The number of amides is 2. The normalized spacial score (nSPS) is 11.7. The Morgan fingerprint density at radius 3 is 2.25 bits per heavy atom. The lowest BCUT2D eigenvalue weighted by atomic mass is 10.1. The number of carboxylic acid groups (broad SMARTS) is 1. The van der Waals surface area contributed by atoms with E-state index < -0.39 is 23.7 Å². The molecule has 0 aliphatic carbocycles. The van der Waals surface area contributed by atoms with Crippen molar-refractivity contribution in [3.63, 3.8) is 0 Å². The Morgan fingerprint density at radius 1 is 1.14 bits per heavy atom. The number of carbonyl (C=O) groups excluding carboxylic acids is 2. The standard InChI is InChI=1S/C19H29N3O5.ClH/c1-19(2,3)27-18(26)22-15(6-4-5-11-20)17(25)21-14-9-7-13(8-10-14)12-16(23)24;/h7-10,15H,4-6,11-12,20H2,1-3H3,(H,21,25)(H,22,26)(H,23,24);1H/t15-;/m0./s1. The lowest BCUT2D eigenvalue weighted by Crippen LogP contribution is -2.45. The minimum Gasteiger partial charge on any atom is -0.481 e. The quantitative estimate of drug-likeness (QED) is 0.458. The van der Waals surface area contributed by atoms with Gasteiger partial charge in [-0.25, -0.2) is 4.79 Å². The average molecular weight is 416 g/mol. The summed E-state index contributed by atoms with van der Waals surface area (Å²) < 4.78 is 5.22. The summed E-state index contributed by atoms with van der Waals surface area (Å²) in [4.78, 5) is 35.3. The zero-order valence-corrected chi connectivity index (χ0v) is 17.3. The molecule has 2 amide bonds. The monoisotopic (exact) mass is 415 g/mol. The molecule has 0 aliphatic rings. The summed E-state index contributed by atoms with van der Waals surface area (Å²) in [6.45, 7) is 5.74. The highest BCUT2D eigenvalue weighted by molar-refractivity contribution is 5.96. The van der Waals surface area contributed by atoms with Crippen LogP contribution in [0.5, 0.6) is 0 Å². The number of carbonyl (C=O) groups is 3. The summed E-state index contributed by atoms with van der Waals surface area (Å²) >= 11 is 0. The fourth-order valence-electron chi connectivity index (χ4n) is 2.32. The van der Waals surface area contributed by atoms with E-state index in [0.29, 0.717) is 30.6 Å². The van der Waals surface area contributed by atoms with Gasteiger partial charge in [-0.1, -0.05) is 12.1 Å². The van der Waals surface area contributed by atoms with E-state index in [4.69, 9.17) is 15.6 Å². The summed E-state index contributed by atoms with van der Waals surface area (Å²) in [5.41, 5.74) is 5.98. The smallest absolute Gasteiger partial charge is 0.408 e. The molecular formula is C19H30ClN3O5. The van der Waals surface area contributed by atoms with Crippen molar-refractivity contribution in [3.8, 4) is 0 Å². The number of ether oxygens (including phenoxy) is 1. The lowest BCUT2D eigenvalue weighted by molar-refractivity contribution is -0.136. The predicted molar refractivity (Wildman–Crippen MR) is 110 cm³/mol. The van der Waals surface area contributed by atoms with Crippen LogP contribution in [0.3, 0.4) is 0 Å². The molecule has 0 fully saturated rings. The molecule has 0 saturated carbocycles. The van der Waals surface area contributed by atoms with Crippen LogP contribution in [0, 0.1) is 0 Å². The number of carboxylic acids is 1. The van der Waals surface area contributed by atoms with E-state index in [1.165, 1.54) is 0 Å². The van der Waals surface area contributed by atoms with Gasteiger partial charge in [-0.15, -0.1) is 12.4 Å². The second kappa shape index (κ2) is 12.2. The van der Waals surface area contributed by atoms with Gasteiger partial charge < -0.3 is 26.2 Å². The lowest BCUT2D eigenvalue weighted by Gasteiger charge is -2.23. The average Bonchev–Trinajstić information content (AvgIpc) is 2.53. The molecule has 0 heterocycles. The van der Waals surface area contributed by atoms with Crippen molar-refractivity contribution in [2.24, 2.45) is 5.73 Å². The van der Waals surface area contributed by atoms with Crippen LogP contribution >= 0.6 is 12.4 Å². The second-order valence-electron chi connectivity index (χ2n) is 7.24. The third kappa shape index (κ3) is 10.7. The number of rotatable bonds is 9. The molecule has 0 aliphatic heterocycles. The molecule has 5 N–H and O–H groups in total. The van der Waals surface area contributed by atoms with Gasteiger partial charge in [-0.05, 0) is 64.3 Å². The maximum absolute atomic E-state index is 12.6. The minimum atomic E-state index is -0.923. The Balaban J connectivity index is 0.00000729. The van der Waals surface area contributed by atoms with Gasteiger partial charge >= 0.3 is 12.1 Å². The van der Waals surface area contributed by atoms with E-state index in [0.717, 1.165) is 6.42 Å². The molecule has 0 bridgehead atoms. The molecule has 0 saturated heterocycles. The van der Waals surface area contributed by atoms with Crippen molar-refractivity contribution >= 4 is 36.1 Å². The van der Waals surface area contributed by atoms with E-state index in [1.54, 1.807) is 45.0 Å². The molecule has 1 aromatic rings. The maximum Gasteiger partial charge on any atom is 0.408 e. The third-order valence-electron chi connectivity index (χ3n) is 3.53. The number of hydrogen-bond donors (Lipinski definition) is 4. The first-order chi connectivity index (χ1) is 12.6. The number of anilines is 1. The van der Waals surface area contributed by atoms with Crippen LogP contribution in [-0.2, 0) is 20.7 Å². The molecule has 28 heavy (non-hydrogen) atoms. The molecule has 9 heteroatoms. The predicted octanol–water partition coefficient (Wildman–Crippen LogP) is 2.70. The topological polar surface area (TPSA) is 131 Å². The van der Waals surface area contributed by atoms with Crippen molar-refractivity contribution in [1.82, 2.24) is 5.32 Å². The second-order valence-corrected chi connectivity index (χ2v) is 7.24. The summed E-state index contributed by atoms with van der Waals surface area (Å²) in [7, 11) is 0. The van der Waals surface area contributed by atoms with Crippen molar-refractivity contribution in [3.05, 3.63) is 29.8 Å². The first-order valence-electron chi connectivity index (χ1n) is 8.92. The van der Waals surface area contributed by atoms with Gasteiger partial charge in [0.2, 0.25) is 5.91 Å². The van der Waals surface area contributed by atoms with Crippen LogP contribution in [-0.4, -0.2) is 41.3 Å². The number of nitrogens with one attached hydrogen (secondary N) is 2. The third-order valence-corrected chi connectivity index (χ3v) is 3.53. The maximum atomic E-state index is 12.6. The molecule has 1 rings (SSSR count). The van der Waals surface area contributed by atoms with Gasteiger partial charge in [0.25, 0.3) is 0 Å². The Labute approximate surface area is 171 Å². The van der Waals surface area contributed by atoms with Crippen LogP contribution in [0.1, 0.15) is 45.6 Å². The highest BCUT2D eigenvalue weighted by Gasteiger charge is 2.24. The molecule has 158 valence electrons. The van der Waals surface area contributed by atoms with Crippen molar-refractivity contribution in [2.75, 3.05) is 11.9 Å². The number of nitrogens with two attached hydrogens (primary N) is 1. The molecule has 0 aromatic heterocycles. The SMILES string of the molecule is CC(C)(C)OC(=O)N[C@@H](CCCCN)C(=O)Nc1ccc(CC(=O)O)cc1.Cl. The van der Waals surface area contributed by atoms with Crippen LogP contribution in [0.4, 0.5) is 10.5 Å². The molecule has 8 nitrogen and oxygen atoms in total. The van der Waals surface area contributed by atoms with Gasteiger partial charge in [-0.3, -0.25) is 9.59 Å². The first-order valence-corrected chi connectivity index (χ1v) is 8.92. The minimum absolute atomic E-state index is 0. The summed E-state index contributed by atoms with van der Waals surface area (Å²) in [5, 5.41) is 14.1. The van der Waals surface area contributed by atoms with Gasteiger partial charge in [-0.2, -0.15) is 0 Å². The Bertz CT molecular complexity index is 644. The number of benzene rings is 1. The fourth-order valence-corrected chi connectivity index (χ4v) is 2.32. The first kappa shape index (κ1) is 25.7. The van der Waals surface area contributed by atoms with Crippen molar-refractivity contribution < 1.29 is 24.2 Å². The van der Waals surface area contributed by atoms with Crippen LogP contribution in [0.2, 0.25) is 0 Å². The van der Waals surface area contributed by atoms with Crippen LogP contribution in [0.25, 0.3) is 0 Å². The van der Waals surface area contributed by atoms with Gasteiger partial charge in [0.1, 0.15) is 11.6 Å². The number of halogens is 1. The Morgan fingerprint density at radius 2 is 1.75 bits per heavy atom. The molecule has 1 aromatic carbocycles. The molecule has 1 atom stereocenters. The van der Waals surface area contributed by atoms with E-state index >= 15 is 0 Å². The number of alkyl carbamates (subject to hydrolysis) is 1. The largest absolute Gasteiger partial charge is 0.481 e. The van der Waals surface area contributed by atoms with Gasteiger partial charge in [0.15, 0.2) is 0 Å². The zero-order valence-electron chi connectivity index (χ0n) is 16.5. The number of aliphatic carboxylic acids is 1. The van der Waals surface area contributed by atoms with Crippen LogP contribution in [0.15, 0.2) is 24.3 Å². The summed E-state index contributed by atoms with van der Waals surface area (Å²) in [6.07, 6.45) is 1.10. The van der Waals surface area contributed by atoms with Gasteiger partial charge in [0, 0.05) is 5.69 Å². The van der Waals surface area contributed by atoms with Crippen molar-refractivity contribution in [2.45, 2.75) is 58.1 Å². The fraction of sp³-hybridized carbons (Fsp3) is 0.526. The molecular weight excluding hydrogens is 386 g/mol. The molecule has 0 spiro atoms. The van der Waals surface area contributed by atoms with E-state index in [2.05, 4.69) is 10.6 Å². The van der Waals surface area contributed by atoms with Gasteiger partial charge in [0.05, 0.1) is 6.42 Å². The summed E-state index contributed by atoms with van der Waals surface area (Å²) in [5.74, 6) is -1.29. The van der Waals surface area contributed by atoms with E-state index in [9.17, 15) is 14.4 Å². The highest BCUT2D eigenvalue weighted by atomic mass is 35.5. The van der Waals surface area contributed by atoms with Crippen molar-refractivity contribution in [1.29, 1.82) is 0 Å². The van der Waals surface area contributed by atoms with E-state index in [-0.39, 0.29) is 24.7 Å². The molecule has 0 unspecified atom stereocenters.